The first-order chi connectivity index (χ1) is 7.59. The van der Waals surface area contributed by atoms with Crippen LogP contribution in [0.4, 0.5) is 0 Å². The highest BCUT2D eigenvalue weighted by Crippen LogP contribution is 2.27. The van der Waals surface area contributed by atoms with Crippen molar-refractivity contribution in [1.29, 1.82) is 0 Å². The summed E-state index contributed by atoms with van der Waals surface area (Å²) >= 11 is 5.87. The molecule has 0 aromatic heterocycles. The summed E-state index contributed by atoms with van der Waals surface area (Å²) in [7, 11) is 1.85. The Bertz CT molecular complexity index is 212. The summed E-state index contributed by atoms with van der Waals surface area (Å²) in [5.74, 6) is 1.04. The predicted octanol–water partition coefficient (Wildman–Crippen LogP) is 3.43. The molecule has 0 aromatic rings. The van der Waals surface area contributed by atoms with Gasteiger partial charge in [0.15, 0.2) is 0 Å². The average Bonchev–Trinajstić information content (AvgIpc) is 2.26. The Balaban J connectivity index is 2.17. The normalized spacial score (nSPS) is 19.4. The molecule has 1 saturated carbocycles. The number of amides is 1. The third-order valence-electron chi connectivity index (χ3n) is 3.44. The van der Waals surface area contributed by atoms with Crippen LogP contribution in [0.2, 0.25) is 0 Å². The average molecular weight is 246 g/mol. The molecule has 1 atom stereocenters. The zero-order valence-electron chi connectivity index (χ0n) is 10.5. The van der Waals surface area contributed by atoms with Crippen LogP contribution >= 0.6 is 11.6 Å². The van der Waals surface area contributed by atoms with Crippen molar-refractivity contribution in [3.8, 4) is 0 Å². The van der Waals surface area contributed by atoms with Crippen molar-refractivity contribution in [2.75, 3.05) is 13.6 Å². The van der Waals surface area contributed by atoms with Crippen LogP contribution in [0.15, 0.2) is 0 Å². The highest BCUT2D eigenvalue weighted by molar-refractivity contribution is 6.20. The van der Waals surface area contributed by atoms with E-state index in [1.165, 1.54) is 32.1 Å². The van der Waals surface area contributed by atoms with Gasteiger partial charge in [-0.15, -0.1) is 11.6 Å². The number of nitrogens with zero attached hydrogens (tertiary/aromatic N) is 1. The molecule has 0 aromatic carbocycles. The molecule has 0 saturated heterocycles. The van der Waals surface area contributed by atoms with Crippen LogP contribution in [-0.2, 0) is 4.79 Å². The van der Waals surface area contributed by atoms with Gasteiger partial charge in [-0.2, -0.15) is 0 Å². The summed E-state index contributed by atoms with van der Waals surface area (Å²) in [6, 6.07) is 0. The number of hydrogen-bond donors (Lipinski definition) is 0. The minimum Gasteiger partial charge on any atom is -0.344 e. The van der Waals surface area contributed by atoms with Crippen LogP contribution in [-0.4, -0.2) is 29.8 Å². The Kier molecular flexibility index (Phi) is 6.18. The van der Waals surface area contributed by atoms with E-state index in [9.17, 15) is 4.79 Å². The van der Waals surface area contributed by atoms with E-state index in [1.807, 2.05) is 14.0 Å². The molecule has 1 unspecified atom stereocenters. The third-order valence-corrected chi connectivity index (χ3v) is 3.58. The van der Waals surface area contributed by atoms with Gasteiger partial charge in [-0.05, 0) is 19.3 Å². The van der Waals surface area contributed by atoms with Crippen LogP contribution in [0, 0.1) is 5.92 Å². The van der Waals surface area contributed by atoms with Crippen molar-refractivity contribution in [1.82, 2.24) is 4.90 Å². The van der Waals surface area contributed by atoms with Crippen molar-refractivity contribution < 1.29 is 4.79 Å². The van der Waals surface area contributed by atoms with Crippen molar-refractivity contribution in [3.05, 3.63) is 0 Å². The highest BCUT2D eigenvalue weighted by atomic mass is 35.5. The number of carbonyl (C=O) groups excluding carboxylic acids is 1. The summed E-state index contributed by atoms with van der Waals surface area (Å²) in [6.07, 6.45) is 8.51. The molecular weight excluding hydrogens is 222 g/mol. The van der Waals surface area contributed by atoms with E-state index in [0.717, 1.165) is 12.3 Å². The minimum absolute atomic E-state index is 0.0450. The van der Waals surface area contributed by atoms with Gasteiger partial charge in [0.1, 0.15) is 0 Å². The molecule has 0 bridgehead atoms. The molecule has 1 fully saturated rings. The molecule has 0 spiro atoms. The number of halogens is 1. The maximum atomic E-state index is 11.8. The third kappa shape index (κ3) is 5.20. The zero-order valence-corrected chi connectivity index (χ0v) is 11.3. The Labute approximate surface area is 104 Å². The maximum Gasteiger partial charge on any atom is 0.222 e. The van der Waals surface area contributed by atoms with Crippen LogP contribution in [0.3, 0.4) is 0 Å². The van der Waals surface area contributed by atoms with E-state index in [1.54, 1.807) is 4.90 Å². The van der Waals surface area contributed by atoms with Gasteiger partial charge >= 0.3 is 0 Å². The molecule has 16 heavy (non-hydrogen) atoms. The second-order valence-electron chi connectivity index (χ2n) is 5.10. The largest absolute Gasteiger partial charge is 0.344 e. The van der Waals surface area contributed by atoms with E-state index in [4.69, 9.17) is 11.6 Å². The number of rotatable bonds is 5. The Morgan fingerprint density at radius 1 is 1.38 bits per heavy atom. The van der Waals surface area contributed by atoms with Gasteiger partial charge in [0.25, 0.3) is 0 Å². The summed E-state index contributed by atoms with van der Waals surface area (Å²) in [6.45, 7) is 2.58. The first kappa shape index (κ1) is 13.8. The van der Waals surface area contributed by atoms with Crippen molar-refractivity contribution >= 4 is 17.5 Å². The predicted molar refractivity (Wildman–Crippen MR) is 68.8 cm³/mol. The molecule has 2 nitrogen and oxygen atoms in total. The van der Waals surface area contributed by atoms with E-state index in [0.29, 0.717) is 13.0 Å². The highest BCUT2D eigenvalue weighted by Gasteiger charge is 2.16. The number of hydrogen-bond acceptors (Lipinski definition) is 1. The van der Waals surface area contributed by atoms with Crippen LogP contribution in [0.25, 0.3) is 0 Å². The summed E-state index contributed by atoms with van der Waals surface area (Å²) in [5.41, 5.74) is 0. The molecule has 0 aliphatic heterocycles. The van der Waals surface area contributed by atoms with Gasteiger partial charge in [-0.1, -0.05) is 32.1 Å². The fraction of sp³-hybridized carbons (Fsp3) is 0.923. The molecule has 0 heterocycles. The van der Waals surface area contributed by atoms with E-state index in [-0.39, 0.29) is 11.3 Å². The molecular formula is C13H24ClNO. The monoisotopic (exact) mass is 245 g/mol. The van der Waals surface area contributed by atoms with Crippen LogP contribution < -0.4 is 0 Å². The first-order valence-electron chi connectivity index (χ1n) is 6.47. The summed E-state index contributed by atoms with van der Waals surface area (Å²) < 4.78 is 0. The zero-order chi connectivity index (χ0) is 12.0. The van der Waals surface area contributed by atoms with Gasteiger partial charge in [-0.3, -0.25) is 4.79 Å². The van der Waals surface area contributed by atoms with Gasteiger partial charge in [0, 0.05) is 25.4 Å². The fourth-order valence-corrected chi connectivity index (χ4v) is 2.68. The molecule has 1 aliphatic carbocycles. The Morgan fingerprint density at radius 2 is 2.00 bits per heavy atom. The second kappa shape index (κ2) is 7.16. The quantitative estimate of drug-likeness (QED) is 0.680. The van der Waals surface area contributed by atoms with Crippen LogP contribution in [0.5, 0.6) is 0 Å². The Morgan fingerprint density at radius 3 is 2.56 bits per heavy atom. The Hall–Kier alpha value is -0.240. The van der Waals surface area contributed by atoms with Crippen molar-refractivity contribution in [2.45, 2.75) is 57.2 Å². The lowest BCUT2D eigenvalue weighted by molar-refractivity contribution is -0.130. The van der Waals surface area contributed by atoms with Gasteiger partial charge in [0.05, 0.1) is 0 Å². The number of carbonyl (C=O) groups is 1. The lowest BCUT2D eigenvalue weighted by Gasteiger charge is -2.23. The lowest BCUT2D eigenvalue weighted by atomic mass is 9.86. The van der Waals surface area contributed by atoms with E-state index < -0.39 is 0 Å². The second-order valence-corrected chi connectivity index (χ2v) is 5.84. The molecule has 1 amide bonds. The smallest absolute Gasteiger partial charge is 0.222 e. The first-order valence-corrected chi connectivity index (χ1v) is 6.91. The molecule has 94 valence electrons. The number of alkyl halides is 1. The van der Waals surface area contributed by atoms with Gasteiger partial charge < -0.3 is 4.90 Å². The molecule has 3 heteroatoms. The van der Waals surface area contributed by atoms with Gasteiger partial charge in [0.2, 0.25) is 5.91 Å². The van der Waals surface area contributed by atoms with Crippen LogP contribution in [0.1, 0.15) is 51.9 Å². The lowest BCUT2D eigenvalue weighted by Crippen LogP contribution is -2.31. The standard InChI is InChI=1S/C13H24ClNO/c1-11(14)10-15(2)13(16)9-8-12-6-4-3-5-7-12/h11-12H,3-10H2,1-2H3. The van der Waals surface area contributed by atoms with E-state index in [2.05, 4.69) is 0 Å². The summed E-state index contributed by atoms with van der Waals surface area (Å²) in [4.78, 5) is 13.6. The summed E-state index contributed by atoms with van der Waals surface area (Å²) in [5, 5.41) is 0.0450. The molecule has 1 rings (SSSR count). The fourth-order valence-electron chi connectivity index (χ4n) is 2.47. The van der Waals surface area contributed by atoms with Crippen molar-refractivity contribution in [2.24, 2.45) is 5.92 Å². The minimum atomic E-state index is 0.0450. The van der Waals surface area contributed by atoms with Crippen molar-refractivity contribution in [3.63, 3.8) is 0 Å². The maximum absolute atomic E-state index is 11.8. The topological polar surface area (TPSA) is 20.3 Å². The van der Waals surface area contributed by atoms with E-state index >= 15 is 0 Å². The molecule has 0 N–H and O–H groups in total. The molecule has 0 radical (unpaired) electrons. The van der Waals surface area contributed by atoms with Gasteiger partial charge in [-0.25, -0.2) is 0 Å². The molecule has 1 aliphatic rings. The SMILES string of the molecule is CC(Cl)CN(C)C(=O)CCC1CCCCC1.